The number of hydrogen-bond donors (Lipinski definition) is 0. The van der Waals surface area contributed by atoms with E-state index in [1.807, 2.05) is 0 Å². The van der Waals surface area contributed by atoms with E-state index in [4.69, 9.17) is 12.2 Å². The third-order valence-corrected chi connectivity index (χ3v) is 4.57. The first-order chi connectivity index (χ1) is 9.85. The number of rotatable bonds is 3. The summed E-state index contributed by atoms with van der Waals surface area (Å²) < 4.78 is 0.803. The summed E-state index contributed by atoms with van der Waals surface area (Å²) in [7, 11) is 0. The molecule has 0 N–H and O–H groups in total. The zero-order valence-electron chi connectivity index (χ0n) is 10.7. The average molecular weight is 388 g/mol. The Hall–Kier alpha value is -1.45. The molecule has 1 amide bonds. The van der Waals surface area contributed by atoms with Crippen LogP contribution in [0.5, 0.6) is 5.75 Å². The highest BCUT2D eigenvalue weighted by Crippen LogP contribution is 2.37. The maximum atomic E-state index is 12.1. The van der Waals surface area contributed by atoms with Gasteiger partial charge in [-0.3, -0.25) is 19.8 Å². The van der Waals surface area contributed by atoms with Gasteiger partial charge in [0.2, 0.25) is 0 Å². The number of thiocarbonyl (C=S) groups is 1. The molecule has 1 aromatic carbocycles. The second-order valence-corrected chi connectivity index (χ2v) is 6.62. The molecule has 0 spiro atoms. The van der Waals surface area contributed by atoms with E-state index in [2.05, 4.69) is 15.9 Å². The summed E-state index contributed by atoms with van der Waals surface area (Å²) >= 11 is 9.26. The summed E-state index contributed by atoms with van der Waals surface area (Å²) in [6.45, 7) is 2.22. The van der Waals surface area contributed by atoms with Gasteiger partial charge in [0.1, 0.15) is 4.32 Å². The normalized spacial score (nSPS) is 16.9. The molecule has 21 heavy (non-hydrogen) atoms. The summed E-state index contributed by atoms with van der Waals surface area (Å²) in [6.07, 6.45) is 1.34. The van der Waals surface area contributed by atoms with Crippen molar-refractivity contribution in [3.8, 4) is 5.75 Å². The maximum absolute atomic E-state index is 12.1. The molecule has 1 aliphatic heterocycles. The molecular weight excluding hydrogens is 380 g/mol. The molecule has 1 heterocycles. The van der Waals surface area contributed by atoms with E-state index in [1.165, 1.54) is 17.0 Å². The van der Waals surface area contributed by atoms with Crippen molar-refractivity contribution in [3.63, 3.8) is 0 Å². The molecule has 1 aliphatic rings. The van der Waals surface area contributed by atoms with Crippen molar-refractivity contribution in [1.82, 2.24) is 4.90 Å². The average Bonchev–Trinajstić information content (AvgIpc) is 2.67. The molecular formula is C12H8BrN2O4S2-. The zero-order valence-corrected chi connectivity index (χ0v) is 13.9. The van der Waals surface area contributed by atoms with Gasteiger partial charge in [-0.25, -0.2) is 0 Å². The second-order valence-electron chi connectivity index (χ2n) is 4.03. The molecule has 0 aliphatic carbocycles. The van der Waals surface area contributed by atoms with Gasteiger partial charge in [0.25, 0.3) is 11.6 Å². The van der Waals surface area contributed by atoms with E-state index >= 15 is 0 Å². The maximum Gasteiger partial charge on any atom is 0.266 e. The summed E-state index contributed by atoms with van der Waals surface area (Å²) in [5.74, 6) is -1.03. The summed E-state index contributed by atoms with van der Waals surface area (Å²) in [5, 5.41) is 22.9. The standard InChI is InChI=1S/C12H9BrN2O4S2/c1-2-14-11(17)9(21-12(14)20)4-6-3-7(13)5-8(10(6)16)15(18)19/h3-5,16H,2H2,1H3/p-1/b9-4+. The Bertz CT molecular complexity index is 690. The van der Waals surface area contributed by atoms with Gasteiger partial charge in [0.15, 0.2) is 0 Å². The summed E-state index contributed by atoms with van der Waals surface area (Å²) in [4.78, 5) is 23.8. The largest absolute Gasteiger partial charge is 0.867 e. The monoisotopic (exact) mass is 387 g/mol. The van der Waals surface area contributed by atoms with Crippen molar-refractivity contribution in [3.05, 3.63) is 37.2 Å². The predicted molar refractivity (Wildman–Crippen MR) is 85.8 cm³/mol. The van der Waals surface area contributed by atoms with E-state index in [0.29, 0.717) is 15.3 Å². The number of hydrogen-bond acceptors (Lipinski definition) is 6. The first kappa shape index (κ1) is 15.9. The van der Waals surface area contributed by atoms with Crippen LogP contribution in [0.3, 0.4) is 0 Å². The first-order valence-electron chi connectivity index (χ1n) is 5.75. The van der Waals surface area contributed by atoms with E-state index in [1.54, 1.807) is 6.92 Å². The molecule has 110 valence electrons. The molecule has 1 saturated heterocycles. The number of carbonyl (C=O) groups is 1. The molecule has 0 atom stereocenters. The number of amides is 1. The lowest BCUT2D eigenvalue weighted by Gasteiger charge is -2.12. The molecule has 0 aromatic heterocycles. The SMILES string of the molecule is CCN1C(=O)/C(=C\c2cc(Br)cc([N+](=O)[O-])c2[O-])SC1=S. The second kappa shape index (κ2) is 6.12. The highest BCUT2D eigenvalue weighted by atomic mass is 79.9. The fourth-order valence-corrected chi connectivity index (χ4v) is 3.60. The Labute approximate surface area is 138 Å². The summed E-state index contributed by atoms with van der Waals surface area (Å²) in [6, 6.07) is 2.57. The lowest BCUT2D eigenvalue weighted by molar-refractivity contribution is -0.398. The van der Waals surface area contributed by atoms with Crippen LogP contribution in [0.15, 0.2) is 21.5 Å². The first-order valence-corrected chi connectivity index (χ1v) is 7.77. The Morgan fingerprint density at radius 2 is 2.19 bits per heavy atom. The van der Waals surface area contributed by atoms with Crippen LogP contribution in [0, 0.1) is 10.1 Å². The van der Waals surface area contributed by atoms with Crippen LogP contribution in [-0.4, -0.2) is 26.6 Å². The van der Waals surface area contributed by atoms with Gasteiger partial charge in [-0.15, -0.1) is 0 Å². The number of halogens is 1. The zero-order chi connectivity index (χ0) is 15.7. The number of nitro benzene ring substituents is 1. The van der Waals surface area contributed by atoms with Crippen molar-refractivity contribution < 1.29 is 14.8 Å². The Balaban J connectivity index is 2.49. The van der Waals surface area contributed by atoms with Gasteiger partial charge in [-0.05, 0) is 30.4 Å². The van der Waals surface area contributed by atoms with Crippen LogP contribution in [-0.2, 0) is 4.79 Å². The van der Waals surface area contributed by atoms with Crippen molar-refractivity contribution in [2.24, 2.45) is 0 Å². The Kier molecular flexibility index (Phi) is 4.64. The van der Waals surface area contributed by atoms with Crippen molar-refractivity contribution in [2.75, 3.05) is 6.54 Å². The topological polar surface area (TPSA) is 86.5 Å². The van der Waals surface area contributed by atoms with Crippen LogP contribution in [0.4, 0.5) is 5.69 Å². The van der Waals surface area contributed by atoms with Crippen molar-refractivity contribution in [2.45, 2.75) is 6.92 Å². The summed E-state index contributed by atoms with van der Waals surface area (Å²) in [5.41, 5.74) is -0.464. The van der Waals surface area contributed by atoms with E-state index in [9.17, 15) is 20.0 Å². The third-order valence-electron chi connectivity index (χ3n) is 2.74. The van der Waals surface area contributed by atoms with Crippen LogP contribution in [0.1, 0.15) is 12.5 Å². The highest BCUT2D eigenvalue weighted by molar-refractivity contribution is 9.10. The molecule has 2 rings (SSSR count). The Morgan fingerprint density at radius 1 is 1.52 bits per heavy atom. The van der Waals surface area contributed by atoms with Gasteiger partial charge in [-0.1, -0.05) is 39.9 Å². The van der Waals surface area contributed by atoms with Crippen LogP contribution in [0.2, 0.25) is 0 Å². The van der Waals surface area contributed by atoms with E-state index < -0.39 is 16.4 Å². The number of likely N-dealkylation sites (N-methyl/N-ethyl adjacent to an activating group) is 1. The molecule has 9 heteroatoms. The number of carbonyl (C=O) groups excluding carboxylic acids is 1. The van der Waals surface area contributed by atoms with E-state index in [0.717, 1.165) is 17.8 Å². The van der Waals surface area contributed by atoms with Gasteiger partial charge in [-0.2, -0.15) is 0 Å². The van der Waals surface area contributed by atoms with Gasteiger partial charge < -0.3 is 5.11 Å². The smallest absolute Gasteiger partial charge is 0.266 e. The quantitative estimate of drug-likeness (QED) is 0.343. The lowest BCUT2D eigenvalue weighted by Crippen LogP contribution is -2.27. The minimum absolute atomic E-state index is 0.0766. The minimum Gasteiger partial charge on any atom is -0.867 e. The lowest BCUT2D eigenvalue weighted by atomic mass is 10.1. The highest BCUT2D eigenvalue weighted by Gasteiger charge is 2.30. The van der Waals surface area contributed by atoms with Crippen molar-refractivity contribution >= 4 is 61.9 Å². The number of benzene rings is 1. The van der Waals surface area contributed by atoms with Crippen LogP contribution >= 0.6 is 39.9 Å². The molecule has 0 unspecified atom stereocenters. The minimum atomic E-state index is -0.748. The van der Waals surface area contributed by atoms with Crippen LogP contribution < -0.4 is 5.11 Å². The predicted octanol–water partition coefficient (Wildman–Crippen LogP) is 2.65. The van der Waals surface area contributed by atoms with Gasteiger partial charge in [0.05, 0.1) is 9.83 Å². The van der Waals surface area contributed by atoms with E-state index in [-0.39, 0.29) is 16.4 Å². The molecule has 1 fully saturated rings. The molecule has 1 aromatic rings. The van der Waals surface area contributed by atoms with Crippen LogP contribution in [0.25, 0.3) is 6.08 Å². The fourth-order valence-electron chi connectivity index (χ4n) is 1.76. The Morgan fingerprint density at radius 3 is 2.71 bits per heavy atom. The van der Waals surface area contributed by atoms with Gasteiger partial charge in [0, 0.05) is 17.1 Å². The third kappa shape index (κ3) is 3.09. The van der Waals surface area contributed by atoms with Crippen molar-refractivity contribution in [1.29, 1.82) is 0 Å². The number of thioether (sulfide) groups is 1. The number of nitro groups is 1. The molecule has 0 saturated carbocycles. The molecule has 0 bridgehead atoms. The fraction of sp³-hybridized carbons (Fsp3) is 0.167. The number of nitrogens with zero attached hydrogens (tertiary/aromatic N) is 2. The molecule has 6 nitrogen and oxygen atoms in total. The molecule has 0 radical (unpaired) electrons. The van der Waals surface area contributed by atoms with Gasteiger partial charge >= 0.3 is 0 Å².